The predicted molar refractivity (Wildman–Crippen MR) is 111 cm³/mol. The molecule has 0 aliphatic carbocycles. The molecule has 0 bridgehead atoms. The van der Waals surface area contributed by atoms with E-state index in [-0.39, 0.29) is 12.5 Å². The first-order valence-corrected chi connectivity index (χ1v) is 9.71. The van der Waals surface area contributed by atoms with Crippen LogP contribution in [-0.2, 0) is 11.4 Å². The van der Waals surface area contributed by atoms with Crippen LogP contribution in [0.15, 0.2) is 48.5 Å². The number of hydrogen-bond donors (Lipinski definition) is 2. The Kier molecular flexibility index (Phi) is 5.20. The third-order valence-electron chi connectivity index (χ3n) is 5.37. The standard InChI is InChI=1S/C22H21ClN2O3/c23-19-11-14(13-26)1-4-18(19)16-2-5-20-17(12-16)3-6-21(24-20)25-9-7-15(8-10-25)22(27)28/h1-6,11-12,15,26H,7-10,13H2,(H,27,28). The van der Waals surface area contributed by atoms with Gasteiger partial charge in [-0.05, 0) is 54.3 Å². The normalized spacial score (nSPS) is 15.1. The highest BCUT2D eigenvalue weighted by atomic mass is 35.5. The fourth-order valence-electron chi connectivity index (χ4n) is 3.71. The molecule has 1 fully saturated rings. The van der Waals surface area contributed by atoms with Crippen LogP contribution in [0.3, 0.4) is 0 Å². The smallest absolute Gasteiger partial charge is 0.306 e. The molecule has 0 saturated carbocycles. The molecule has 0 unspecified atom stereocenters. The number of rotatable bonds is 4. The number of carboxylic acid groups (broad SMARTS) is 1. The molecule has 1 saturated heterocycles. The lowest BCUT2D eigenvalue weighted by molar-refractivity contribution is -0.142. The third-order valence-corrected chi connectivity index (χ3v) is 5.68. The highest BCUT2D eigenvalue weighted by Crippen LogP contribution is 2.32. The number of halogens is 1. The highest BCUT2D eigenvalue weighted by molar-refractivity contribution is 6.33. The van der Waals surface area contributed by atoms with E-state index in [1.807, 2.05) is 36.4 Å². The lowest BCUT2D eigenvalue weighted by atomic mass is 9.97. The monoisotopic (exact) mass is 396 g/mol. The second-order valence-electron chi connectivity index (χ2n) is 7.15. The molecule has 0 spiro atoms. The summed E-state index contributed by atoms with van der Waals surface area (Å²) in [4.78, 5) is 18.0. The maximum absolute atomic E-state index is 11.1. The molecule has 4 rings (SSSR count). The maximum atomic E-state index is 11.1. The van der Waals surface area contributed by atoms with Crippen molar-refractivity contribution in [3.05, 3.63) is 59.1 Å². The van der Waals surface area contributed by atoms with Crippen molar-refractivity contribution in [2.24, 2.45) is 5.92 Å². The molecular formula is C22H21ClN2O3. The van der Waals surface area contributed by atoms with Gasteiger partial charge in [0.05, 0.1) is 18.0 Å². The van der Waals surface area contributed by atoms with Crippen molar-refractivity contribution in [2.45, 2.75) is 19.4 Å². The van der Waals surface area contributed by atoms with Crippen molar-refractivity contribution in [3.63, 3.8) is 0 Å². The maximum Gasteiger partial charge on any atom is 0.306 e. The molecule has 1 aliphatic heterocycles. The second kappa shape index (κ2) is 7.78. The van der Waals surface area contributed by atoms with E-state index in [1.165, 1.54) is 0 Å². The Morgan fingerprint density at radius 2 is 1.89 bits per heavy atom. The Labute approximate surface area is 168 Å². The van der Waals surface area contributed by atoms with Crippen LogP contribution in [0.5, 0.6) is 0 Å². The van der Waals surface area contributed by atoms with Crippen LogP contribution < -0.4 is 4.90 Å². The van der Waals surface area contributed by atoms with Gasteiger partial charge in [-0.2, -0.15) is 0 Å². The molecule has 1 aliphatic rings. The summed E-state index contributed by atoms with van der Waals surface area (Å²) in [7, 11) is 0. The van der Waals surface area contributed by atoms with Gasteiger partial charge in [0, 0.05) is 29.1 Å². The summed E-state index contributed by atoms with van der Waals surface area (Å²) in [6.45, 7) is 1.38. The number of hydrogen-bond acceptors (Lipinski definition) is 4. The Morgan fingerprint density at radius 3 is 2.57 bits per heavy atom. The van der Waals surface area contributed by atoms with Gasteiger partial charge in [0.15, 0.2) is 0 Å². The van der Waals surface area contributed by atoms with Gasteiger partial charge in [0.25, 0.3) is 0 Å². The van der Waals surface area contributed by atoms with Crippen LogP contribution in [0.1, 0.15) is 18.4 Å². The second-order valence-corrected chi connectivity index (χ2v) is 7.56. The molecule has 0 radical (unpaired) electrons. The Hall–Kier alpha value is -2.63. The van der Waals surface area contributed by atoms with E-state index in [2.05, 4.69) is 11.0 Å². The average Bonchev–Trinajstić information content (AvgIpc) is 2.73. The molecule has 144 valence electrons. The first-order valence-electron chi connectivity index (χ1n) is 9.33. The van der Waals surface area contributed by atoms with E-state index in [9.17, 15) is 9.90 Å². The molecule has 5 nitrogen and oxygen atoms in total. The number of aliphatic carboxylic acids is 1. The first kappa shape index (κ1) is 18.7. The number of aliphatic hydroxyl groups excluding tert-OH is 1. The van der Waals surface area contributed by atoms with Crippen molar-refractivity contribution in [1.29, 1.82) is 0 Å². The summed E-state index contributed by atoms with van der Waals surface area (Å²) in [5, 5.41) is 20.0. The molecule has 2 heterocycles. The van der Waals surface area contributed by atoms with Crippen LogP contribution in [-0.4, -0.2) is 34.3 Å². The van der Waals surface area contributed by atoms with E-state index < -0.39 is 5.97 Å². The Morgan fingerprint density at radius 1 is 1.11 bits per heavy atom. The molecule has 1 aromatic heterocycles. The summed E-state index contributed by atoms with van der Waals surface area (Å²) < 4.78 is 0. The van der Waals surface area contributed by atoms with E-state index in [4.69, 9.17) is 21.7 Å². The fourth-order valence-corrected chi connectivity index (χ4v) is 4.02. The van der Waals surface area contributed by atoms with Crippen LogP contribution in [0, 0.1) is 5.92 Å². The summed E-state index contributed by atoms with van der Waals surface area (Å²) in [6, 6.07) is 15.6. The number of nitrogens with zero attached hydrogens (tertiary/aromatic N) is 2. The molecule has 28 heavy (non-hydrogen) atoms. The van der Waals surface area contributed by atoms with Crippen LogP contribution in [0.2, 0.25) is 5.02 Å². The number of aromatic nitrogens is 1. The summed E-state index contributed by atoms with van der Waals surface area (Å²) in [6.07, 6.45) is 1.30. The van der Waals surface area contributed by atoms with Crippen molar-refractivity contribution >= 4 is 34.3 Å². The fraction of sp³-hybridized carbons (Fsp3) is 0.273. The quantitative estimate of drug-likeness (QED) is 0.685. The van der Waals surface area contributed by atoms with Crippen molar-refractivity contribution in [3.8, 4) is 11.1 Å². The van der Waals surface area contributed by atoms with E-state index in [0.717, 1.165) is 33.4 Å². The average molecular weight is 397 g/mol. The van der Waals surface area contributed by atoms with E-state index >= 15 is 0 Å². The van der Waals surface area contributed by atoms with Crippen molar-refractivity contribution < 1.29 is 15.0 Å². The van der Waals surface area contributed by atoms with Gasteiger partial charge in [-0.15, -0.1) is 0 Å². The van der Waals surface area contributed by atoms with Gasteiger partial charge in [-0.3, -0.25) is 4.79 Å². The number of fused-ring (bicyclic) bond motifs is 1. The summed E-state index contributed by atoms with van der Waals surface area (Å²) in [5.74, 6) is -0.0695. The Bertz CT molecular complexity index is 1030. The SMILES string of the molecule is O=C(O)C1CCN(c2ccc3cc(-c4ccc(CO)cc4Cl)ccc3n2)CC1. The van der Waals surface area contributed by atoms with E-state index in [0.29, 0.717) is 31.0 Å². The largest absolute Gasteiger partial charge is 0.481 e. The van der Waals surface area contributed by atoms with Gasteiger partial charge in [-0.1, -0.05) is 29.8 Å². The zero-order valence-corrected chi connectivity index (χ0v) is 16.1. The van der Waals surface area contributed by atoms with E-state index in [1.54, 1.807) is 6.07 Å². The third kappa shape index (κ3) is 3.68. The number of anilines is 1. The number of carboxylic acids is 1. The lowest BCUT2D eigenvalue weighted by Gasteiger charge is -2.31. The molecule has 6 heteroatoms. The number of benzene rings is 2. The minimum absolute atomic E-state index is 0.0336. The van der Waals surface area contributed by atoms with Crippen molar-refractivity contribution in [2.75, 3.05) is 18.0 Å². The van der Waals surface area contributed by atoms with Crippen LogP contribution >= 0.6 is 11.6 Å². The number of pyridine rings is 1. The number of aliphatic hydroxyl groups is 1. The Balaban J connectivity index is 1.59. The number of piperidine rings is 1. The number of carbonyl (C=O) groups is 1. The summed E-state index contributed by atoms with van der Waals surface area (Å²) >= 11 is 6.38. The van der Waals surface area contributed by atoms with Gasteiger partial charge in [0.2, 0.25) is 0 Å². The molecule has 3 aromatic rings. The van der Waals surface area contributed by atoms with Gasteiger partial charge in [0.1, 0.15) is 5.82 Å². The topological polar surface area (TPSA) is 73.7 Å². The molecule has 2 N–H and O–H groups in total. The molecule has 0 amide bonds. The van der Waals surface area contributed by atoms with Gasteiger partial charge < -0.3 is 15.1 Å². The molecular weight excluding hydrogens is 376 g/mol. The molecule has 2 aromatic carbocycles. The highest BCUT2D eigenvalue weighted by Gasteiger charge is 2.25. The first-order chi connectivity index (χ1) is 13.5. The minimum Gasteiger partial charge on any atom is -0.481 e. The lowest BCUT2D eigenvalue weighted by Crippen LogP contribution is -2.36. The van der Waals surface area contributed by atoms with Gasteiger partial charge in [-0.25, -0.2) is 4.98 Å². The minimum atomic E-state index is -0.704. The van der Waals surface area contributed by atoms with Gasteiger partial charge >= 0.3 is 5.97 Å². The summed E-state index contributed by atoms with van der Waals surface area (Å²) in [5.41, 5.74) is 3.59. The van der Waals surface area contributed by atoms with Crippen LogP contribution in [0.25, 0.3) is 22.0 Å². The van der Waals surface area contributed by atoms with Crippen LogP contribution in [0.4, 0.5) is 5.82 Å². The zero-order valence-electron chi connectivity index (χ0n) is 15.3. The molecule has 0 atom stereocenters. The van der Waals surface area contributed by atoms with Crippen molar-refractivity contribution in [1.82, 2.24) is 4.98 Å². The predicted octanol–water partition coefficient (Wildman–Crippen LogP) is 4.35. The zero-order chi connectivity index (χ0) is 19.7.